The number of carboxylic acids is 1. The van der Waals surface area contributed by atoms with E-state index < -0.39 is 5.97 Å². The summed E-state index contributed by atoms with van der Waals surface area (Å²) in [5.74, 6) is 3.20. The van der Waals surface area contributed by atoms with Crippen LogP contribution >= 0.6 is 11.8 Å². The Morgan fingerprint density at radius 1 is 1.18 bits per heavy atom. The lowest BCUT2D eigenvalue weighted by Gasteiger charge is -2.17. The van der Waals surface area contributed by atoms with E-state index in [0.717, 1.165) is 38.4 Å². The fourth-order valence-corrected chi connectivity index (χ4v) is 4.23. The molecule has 0 amide bonds. The average Bonchev–Trinajstić information content (AvgIpc) is 2.93. The summed E-state index contributed by atoms with van der Waals surface area (Å²) in [6.07, 6.45) is 12.5. The SMILES string of the molecule is CCCCCCOC[C@H]1CSC[C@@H]1C/C=C\CCCC(=O)O. The normalized spacial score (nSPS) is 21.7. The van der Waals surface area contributed by atoms with Crippen LogP contribution in [0.1, 0.15) is 58.3 Å². The molecule has 0 bridgehead atoms. The first-order valence-electron chi connectivity index (χ1n) is 8.76. The Morgan fingerprint density at radius 2 is 2.00 bits per heavy atom. The molecule has 0 aromatic rings. The third-order valence-electron chi connectivity index (χ3n) is 4.17. The Hall–Kier alpha value is -0.480. The second-order valence-electron chi connectivity index (χ2n) is 6.19. The zero-order chi connectivity index (χ0) is 16.0. The molecule has 3 nitrogen and oxygen atoms in total. The van der Waals surface area contributed by atoms with E-state index in [2.05, 4.69) is 19.1 Å². The van der Waals surface area contributed by atoms with Crippen molar-refractivity contribution in [2.45, 2.75) is 58.3 Å². The number of hydrogen-bond donors (Lipinski definition) is 1. The van der Waals surface area contributed by atoms with Gasteiger partial charge in [-0.2, -0.15) is 11.8 Å². The molecule has 0 unspecified atom stereocenters. The molecular weight excluding hydrogens is 296 g/mol. The fraction of sp³-hybridized carbons (Fsp3) is 0.833. The number of rotatable bonds is 13. The molecule has 128 valence electrons. The van der Waals surface area contributed by atoms with E-state index in [-0.39, 0.29) is 6.42 Å². The lowest BCUT2D eigenvalue weighted by molar-refractivity contribution is -0.137. The molecule has 0 saturated carbocycles. The molecule has 1 saturated heterocycles. The Labute approximate surface area is 139 Å². The fourth-order valence-electron chi connectivity index (χ4n) is 2.71. The van der Waals surface area contributed by atoms with Crippen molar-refractivity contribution in [3.63, 3.8) is 0 Å². The Bertz CT molecular complexity index is 317. The molecule has 4 heteroatoms. The van der Waals surface area contributed by atoms with Gasteiger partial charge in [0.05, 0.1) is 6.61 Å². The van der Waals surface area contributed by atoms with Crippen molar-refractivity contribution in [1.29, 1.82) is 0 Å². The molecule has 1 rings (SSSR count). The first kappa shape index (κ1) is 19.6. The molecule has 0 radical (unpaired) electrons. The number of unbranched alkanes of at least 4 members (excludes halogenated alkanes) is 4. The standard InChI is InChI=1S/C18H32O3S/c1-2-3-4-9-12-21-13-17-15-22-14-16(17)10-7-5-6-8-11-18(19)20/h5,7,16-17H,2-4,6,8-15H2,1H3,(H,19,20)/b7-5-/t16-,17-/m0/s1. The summed E-state index contributed by atoms with van der Waals surface area (Å²) in [6.45, 7) is 4.06. The van der Waals surface area contributed by atoms with Gasteiger partial charge in [-0.15, -0.1) is 0 Å². The van der Waals surface area contributed by atoms with Gasteiger partial charge in [-0.1, -0.05) is 38.3 Å². The monoisotopic (exact) mass is 328 g/mol. The van der Waals surface area contributed by atoms with Crippen LogP contribution in [-0.4, -0.2) is 35.8 Å². The number of carbonyl (C=O) groups is 1. The maximum atomic E-state index is 10.4. The van der Waals surface area contributed by atoms with Crippen LogP contribution in [0.5, 0.6) is 0 Å². The van der Waals surface area contributed by atoms with Gasteiger partial charge < -0.3 is 9.84 Å². The van der Waals surface area contributed by atoms with Crippen LogP contribution in [0, 0.1) is 11.8 Å². The van der Waals surface area contributed by atoms with Crippen molar-refractivity contribution in [2.75, 3.05) is 24.7 Å². The van der Waals surface area contributed by atoms with E-state index in [0.29, 0.717) is 5.92 Å². The molecule has 0 aliphatic carbocycles. The zero-order valence-electron chi connectivity index (χ0n) is 14.0. The second kappa shape index (κ2) is 13.0. The van der Waals surface area contributed by atoms with Crippen LogP contribution in [0.25, 0.3) is 0 Å². The van der Waals surface area contributed by atoms with Crippen LogP contribution < -0.4 is 0 Å². The summed E-state index contributed by atoms with van der Waals surface area (Å²) >= 11 is 2.04. The number of thioether (sulfide) groups is 1. The highest BCUT2D eigenvalue weighted by molar-refractivity contribution is 7.99. The quantitative estimate of drug-likeness (QED) is 0.391. The van der Waals surface area contributed by atoms with Gasteiger partial charge >= 0.3 is 5.97 Å². The van der Waals surface area contributed by atoms with Gasteiger partial charge in [0.15, 0.2) is 0 Å². The summed E-state index contributed by atoms with van der Waals surface area (Å²) in [7, 11) is 0. The van der Waals surface area contributed by atoms with Crippen molar-refractivity contribution < 1.29 is 14.6 Å². The summed E-state index contributed by atoms with van der Waals surface area (Å²) in [5, 5.41) is 8.59. The number of carboxylic acid groups (broad SMARTS) is 1. The van der Waals surface area contributed by atoms with Crippen LogP contribution in [0.2, 0.25) is 0 Å². The molecular formula is C18H32O3S. The van der Waals surface area contributed by atoms with Crippen molar-refractivity contribution >= 4 is 17.7 Å². The molecule has 0 spiro atoms. The van der Waals surface area contributed by atoms with Gasteiger partial charge in [-0.05, 0) is 49.0 Å². The van der Waals surface area contributed by atoms with Crippen molar-refractivity contribution in [1.82, 2.24) is 0 Å². The summed E-state index contributed by atoms with van der Waals surface area (Å²) in [6, 6.07) is 0. The van der Waals surface area contributed by atoms with Gasteiger partial charge in [-0.3, -0.25) is 4.79 Å². The van der Waals surface area contributed by atoms with E-state index in [1.54, 1.807) is 0 Å². The zero-order valence-corrected chi connectivity index (χ0v) is 14.8. The third kappa shape index (κ3) is 9.52. The molecule has 2 atom stereocenters. The third-order valence-corrected chi connectivity index (χ3v) is 5.50. The number of ether oxygens (including phenoxy) is 1. The topological polar surface area (TPSA) is 46.5 Å². The summed E-state index contributed by atoms with van der Waals surface area (Å²) < 4.78 is 5.86. The van der Waals surface area contributed by atoms with E-state index in [4.69, 9.17) is 9.84 Å². The number of allylic oxidation sites excluding steroid dienone is 2. The van der Waals surface area contributed by atoms with E-state index in [9.17, 15) is 4.79 Å². The van der Waals surface area contributed by atoms with Gasteiger partial charge in [-0.25, -0.2) is 0 Å². The van der Waals surface area contributed by atoms with Gasteiger partial charge in [0, 0.05) is 13.0 Å². The minimum absolute atomic E-state index is 0.276. The van der Waals surface area contributed by atoms with Gasteiger partial charge in [0.2, 0.25) is 0 Å². The van der Waals surface area contributed by atoms with Gasteiger partial charge in [0.1, 0.15) is 0 Å². The highest BCUT2D eigenvalue weighted by atomic mass is 32.2. The lowest BCUT2D eigenvalue weighted by Crippen LogP contribution is -2.18. The lowest BCUT2D eigenvalue weighted by atomic mass is 9.93. The van der Waals surface area contributed by atoms with E-state index in [1.807, 2.05) is 11.8 Å². The van der Waals surface area contributed by atoms with E-state index in [1.165, 1.54) is 37.2 Å². The first-order valence-corrected chi connectivity index (χ1v) is 9.91. The molecule has 0 aromatic carbocycles. The Kier molecular flexibility index (Phi) is 11.6. The number of aliphatic carboxylic acids is 1. The predicted octanol–water partition coefficient (Wildman–Crippen LogP) is 4.76. The highest BCUT2D eigenvalue weighted by Crippen LogP contribution is 2.32. The van der Waals surface area contributed by atoms with E-state index >= 15 is 0 Å². The van der Waals surface area contributed by atoms with Gasteiger partial charge in [0.25, 0.3) is 0 Å². The average molecular weight is 329 g/mol. The predicted molar refractivity (Wildman–Crippen MR) is 94.5 cm³/mol. The largest absolute Gasteiger partial charge is 0.481 e. The first-order chi connectivity index (χ1) is 10.7. The molecule has 0 aromatic heterocycles. The second-order valence-corrected chi connectivity index (χ2v) is 7.26. The molecule has 1 fully saturated rings. The summed E-state index contributed by atoms with van der Waals surface area (Å²) in [4.78, 5) is 10.4. The van der Waals surface area contributed by atoms with Crippen LogP contribution in [0.15, 0.2) is 12.2 Å². The number of hydrogen-bond acceptors (Lipinski definition) is 3. The maximum Gasteiger partial charge on any atom is 0.303 e. The molecule has 1 heterocycles. The van der Waals surface area contributed by atoms with Crippen molar-refractivity contribution in [3.8, 4) is 0 Å². The minimum Gasteiger partial charge on any atom is -0.481 e. The molecule has 1 aliphatic rings. The molecule has 1 N–H and O–H groups in total. The highest BCUT2D eigenvalue weighted by Gasteiger charge is 2.26. The summed E-state index contributed by atoms with van der Waals surface area (Å²) in [5.41, 5.74) is 0. The van der Waals surface area contributed by atoms with Crippen LogP contribution in [0.4, 0.5) is 0 Å². The Balaban J connectivity index is 2.07. The smallest absolute Gasteiger partial charge is 0.303 e. The molecule has 22 heavy (non-hydrogen) atoms. The minimum atomic E-state index is -0.697. The van der Waals surface area contributed by atoms with Crippen LogP contribution in [-0.2, 0) is 9.53 Å². The van der Waals surface area contributed by atoms with Crippen LogP contribution in [0.3, 0.4) is 0 Å². The molecule has 1 aliphatic heterocycles. The van der Waals surface area contributed by atoms with Crippen molar-refractivity contribution in [3.05, 3.63) is 12.2 Å². The van der Waals surface area contributed by atoms with Crippen molar-refractivity contribution in [2.24, 2.45) is 11.8 Å². The Morgan fingerprint density at radius 3 is 2.77 bits per heavy atom. The maximum absolute atomic E-state index is 10.4.